The van der Waals surface area contributed by atoms with E-state index in [-0.39, 0.29) is 0 Å². The number of hydrogen-bond donors (Lipinski definition) is 1. The highest BCUT2D eigenvalue weighted by Gasteiger charge is 2.11. The highest BCUT2D eigenvalue weighted by molar-refractivity contribution is 5.39. The molecule has 0 aliphatic heterocycles. The summed E-state index contributed by atoms with van der Waals surface area (Å²) in [4.78, 5) is 0. The summed E-state index contributed by atoms with van der Waals surface area (Å²) in [6.07, 6.45) is 0.901. The van der Waals surface area contributed by atoms with E-state index in [9.17, 15) is 0 Å². The number of benzene rings is 2. The molecule has 1 unspecified atom stereocenters. The van der Waals surface area contributed by atoms with Gasteiger partial charge in [0.25, 0.3) is 0 Å². The second kappa shape index (κ2) is 8.59. The molecule has 0 saturated heterocycles. The first-order valence-corrected chi connectivity index (χ1v) is 8.27. The maximum Gasteiger partial charge on any atom is 0.125 e. The van der Waals surface area contributed by atoms with Crippen LogP contribution in [-0.2, 0) is 0 Å². The normalized spacial score (nSPS) is 12.0. The van der Waals surface area contributed by atoms with E-state index in [1.807, 2.05) is 19.1 Å². The van der Waals surface area contributed by atoms with Crippen molar-refractivity contribution in [1.29, 1.82) is 0 Å². The summed E-state index contributed by atoms with van der Waals surface area (Å²) < 4.78 is 11.5. The Bertz CT molecular complexity index is 587. The van der Waals surface area contributed by atoms with Crippen LogP contribution in [0.3, 0.4) is 0 Å². The summed E-state index contributed by atoms with van der Waals surface area (Å²) in [6, 6.07) is 14.4. The van der Waals surface area contributed by atoms with Crippen LogP contribution in [0, 0.1) is 13.8 Å². The minimum absolute atomic E-state index is 0.301. The fourth-order valence-corrected chi connectivity index (χ4v) is 2.75. The zero-order valence-corrected chi connectivity index (χ0v) is 14.3. The molecule has 0 heterocycles. The van der Waals surface area contributed by atoms with Crippen LogP contribution < -0.4 is 15.2 Å². The van der Waals surface area contributed by atoms with E-state index >= 15 is 0 Å². The quantitative estimate of drug-likeness (QED) is 0.794. The van der Waals surface area contributed by atoms with Gasteiger partial charge in [-0.3, -0.25) is 0 Å². The number of ether oxygens (including phenoxy) is 2. The molecular weight excluding hydrogens is 286 g/mol. The monoisotopic (exact) mass is 313 g/mol. The molecule has 3 heteroatoms. The van der Waals surface area contributed by atoms with E-state index in [0.29, 0.717) is 25.7 Å². The van der Waals surface area contributed by atoms with Gasteiger partial charge < -0.3 is 15.2 Å². The van der Waals surface area contributed by atoms with Gasteiger partial charge in [0.2, 0.25) is 0 Å². The van der Waals surface area contributed by atoms with Crippen LogP contribution in [0.2, 0.25) is 0 Å². The Hall–Kier alpha value is -2.00. The summed E-state index contributed by atoms with van der Waals surface area (Å²) in [5.74, 6) is 2.20. The molecule has 2 N–H and O–H groups in total. The average Bonchev–Trinajstić information content (AvgIpc) is 2.55. The number of rotatable bonds is 8. The zero-order valence-electron chi connectivity index (χ0n) is 14.3. The van der Waals surface area contributed by atoms with Gasteiger partial charge in [-0.15, -0.1) is 0 Å². The maximum atomic E-state index is 6.00. The molecule has 2 aromatic rings. The molecule has 0 spiro atoms. The van der Waals surface area contributed by atoms with E-state index in [2.05, 4.69) is 44.2 Å². The largest absolute Gasteiger partial charge is 0.494 e. The van der Waals surface area contributed by atoms with Gasteiger partial charge in [0.1, 0.15) is 11.5 Å². The standard InChI is InChI=1S/C20H27NO2/c1-4-22-19-10-8-17(9-11-19)18(14-21)12-13-23-20-15(2)6-5-7-16(20)3/h5-11,18H,4,12-14,21H2,1-3H3. The maximum absolute atomic E-state index is 6.00. The van der Waals surface area contributed by atoms with Crippen molar-refractivity contribution in [2.24, 2.45) is 5.73 Å². The van der Waals surface area contributed by atoms with Crippen molar-refractivity contribution in [2.45, 2.75) is 33.1 Å². The summed E-state index contributed by atoms with van der Waals surface area (Å²) in [5, 5.41) is 0. The predicted molar refractivity (Wildman–Crippen MR) is 95.4 cm³/mol. The Kier molecular flexibility index (Phi) is 6.48. The van der Waals surface area contributed by atoms with Crippen LogP contribution in [0.25, 0.3) is 0 Å². The van der Waals surface area contributed by atoms with Crippen LogP contribution in [-0.4, -0.2) is 19.8 Å². The lowest BCUT2D eigenvalue weighted by Crippen LogP contribution is -2.16. The highest BCUT2D eigenvalue weighted by Crippen LogP contribution is 2.25. The lowest BCUT2D eigenvalue weighted by molar-refractivity contribution is 0.294. The van der Waals surface area contributed by atoms with Crippen molar-refractivity contribution < 1.29 is 9.47 Å². The molecule has 23 heavy (non-hydrogen) atoms. The molecular formula is C20H27NO2. The fraction of sp³-hybridized carbons (Fsp3) is 0.400. The smallest absolute Gasteiger partial charge is 0.125 e. The Labute approximate surface area is 139 Å². The molecule has 0 aromatic heterocycles. The summed E-state index contributed by atoms with van der Waals surface area (Å²) in [5.41, 5.74) is 9.54. The van der Waals surface area contributed by atoms with Crippen LogP contribution in [0.5, 0.6) is 11.5 Å². The predicted octanol–water partition coefficient (Wildman–Crippen LogP) is 4.21. The first-order valence-electron chi connectivity index (χ1n) is 8.27. The fourth-order valence-electron chi connectivity index (χ4n) is 2.75. The Morgan fingerprint density at radius 1 is 0.957 bits per heavy atom. The first kappa shape index (κ1) is 17.4. The van der Waals surface area contributed by atoms with E-state index in [0.717, 1.165) is 17.9 Å². The van der Waals surface area contributed by atoms with Crippen molar-refractivity contribution in [3.8, 4) is 11.5 Å². The molecule has 1 atom stereocenters. The van der Waals surface area contributed by atoms with Crippen molar-refractivity contribution in [3.63, 3.8) is 0 Å². The highest BCUT2D eigenvalue weighted by atomic mass is 16.5. The summed E-state index contributed by atoms with van der Waals surface area (Å²) >= 11 is 0. The topological polar surface area (TPSA) is 44.5 Å². The van der Waals surface area contributed by atoms with Gasteiger partial charge in [0.15, 0.2) is 0 Å². The van der Waals surface area contributed by atoms with Crippen LogP contribution in [0.15, 0.2) is 42.5 Å². The Balaban J connectivity index is 1.94. The van der Waals surface area contributed by atoms with Crippen LogP contribution >= 0.6 is 0 Å². The second-order valence-corrected chi connectivity index (χ2v) is 5.79. The summed E-state index contributed by atoms with van der Waals surface area (Å²) in [6.45, 7) is 8.11. The molecule has 3 nitrogen and oxygen atoms in total. The van der Waals surface area contributed by atoms with Gasteiger partial charge >= 0.3 is 0 Å². The van der Waals surface area contributed by atoms with E-state index in [1.165, 1.54) is 16.7 Å². The molecule has 0 fully saturated rings. The van der Waals surface area contributed by atoms with E-state index < -0.39 is 0 Å². The van der Waals surface area contributed by atoms with Gasteiger partial charge in [0.05, 0.1) is 13.2 Å². The molecule has 0 aliphatic rings. The van der Waals surface area contributed by atoms with Gasteiger partial charge in [-0.2, -0.15) is 0 Å². The molecule has 2 rings (SSSR count). The van der Waals surface area contributed by atoms with E-state index in [4.69, 9.17) is 15.2 Å². The molecule has 0 bridgehead atoms. The van der Waals surface area contributed by atoms with Crippen molar-refractivity contribution in [1.82, 2.24) is 0 Å². The lowest BCUT2D eigenvalue weighted by atomic mass is 9.96. The van der Waals surface area contributed by atoms with Crippen LogP contribution in [0.4, 0.5) is 0 Å². The third kappa shape index (κ3) is 4.73. The zero-order chi connectivity index (χ0) is 16.7. The third-order valence-electron chi connectivity index (χ3n) is 4.07. The average molecular weight is 313 g/mol. The molecule has 2 aromatic carbocycles. The van der Waals surface area contributed by atoms with Gasteiger partial charge in [0, 0.05) is 0 Å². The second-order valence-electron chi connectivity index (χ2n) is 5.79. The Morgan fingerprint density at radius 3 is 2.17 bits per heavy atom. The molecule has 0 aliphatic carbocycles. The van der Waals surface area contributed by atoms with Crippen LogP contribution in [0.1, 0.15) is 36.0 Å². The molecule has 0 amide bonds. The molecule has 0 saturated carbocycles. The minimum atomic E-state index is 0.301. The van der Waals surface area contributed by atoms with Gasteiger partial charge in [-0.05, 0) is 68.5 Å². The van der Waals surface area contributed by atoms with Gasteiger partial charge in [-0.1, -0.05) is 30.3 Å². The number of hydrogen-bond acceptors (Lipinski definition) is 3. The van der Waals surface area contributed by atoms with Crippen molar-refractivity contribution >= 4 is 0 Å². The number of para-hydroxylation sites is 1. The van der Waals surface area contributed by atoms with Crippen molar-refractivity contribution in [3.05, 3.63) is 59.2 Å². The molecule has 124 valence electrons. The molecule has 0 radical (unpaired) electrons. The third-order valence-corrected chi connectivity index (χ3v) is 4.07. The van der Waals surface area contributed by atoms with Crippen molar-refractivity contribution in [2.75, 3.05) is 19.8 Å². The SMILES string of the molecule is CCOc1ccc(C(CN)CCOc2c(C)cccc2C)cc1. The lowest BCUT2D eigenvalue weighted by Gasteiger charge is -2.18. The summed E-state index contributed by atoms with van der Waals surface area (Å²) in [7, 11) is 0. The van der Waals surface area contributed by atoms with Gasteiger partial charge in [-0.25, -0.2) is 0 Å². The Morgan fingerprint density at radius 2 is 1.61 bits per heavy atom. The van der Waals surface area contributed by atoms with E-state index in [1.54, 1.807) is 0 Å². The minimum Gasteiger partial charge on any atom is -0.494 e. The first-order chi connectivity index (χ1) is 11.2. The number of aryl methyl sites for hydroxylation is 2. The number of nitrogens with two attached hydrogens (primary N) is 1.